The number of hydrogen-bond acceptors (Lipinski definition) is 6. The summed E-state index contributed by atoms with van der Waals surface area (Å²) < 4.78 is 16.2. The summed E-state index contributed by atoms with van der Waals surface area (Å²) in [5, 5.41) is -0.332. The van der Waals surface area contributed by atoms with Crippen molar-refractivity contribution in [3.63, 3.8) is 0 Å². The van der Waals surface area contributed by atoms with E-state index in [1.165, 1.54) is 11.8 Å². The van der Waals surface area contributed by atoms with Gasteiger partial charge in [-0.1, -0.05) is 31.5 Å². The molecule has 0 fully saturated rings. The van der Waals surface area contributed by atoms with Crippen molar-refractivity contribution in [1.29, 1.82) is 0 Å². The van der Waals surface area contributed by atoms with Crippen molar-refractivity contribution in [2.75, 3.05) is 20.8 Å². The van der Waals surface area contributed by atoms with Gasteiger partial charge >= 0.3 is 5.97 Å². The molecule has 0 aromatic heterocycles. The highest BCUT2D eigenvalue weighted by Gasteiger charge is 2.30. The minimum absolute atomic E-state index is 0.149. The molecule has 0 saturated heterocycles. The zero-order valence-corrected chi connectivity index (χ0v) is 20.4. The molecule has 1 unspecified atom stereocenters. The van der Waals surface area contributed by atoms with Crippen LogP contribution in [0.25, 0.3) is 11.1 Å². The largest absolute Gasteiger partial charge is 0.497 e. The third-order valence-electron chi connectivity index (χ3n) is 4.74. The van der Waals surface area contributed by atoms with Crippen LogP contribution in [-0.4, -0.2) is 37.8 Å². The summed E-state index contributed by atoms with van der Waals surface area (Å²) in [6, 6.07) is 9.44. The minimum atomic E-state index is -0.884. The predicted molar refractivity (Wildman–Crippen MR) is 126 cm³/mol. The maximum Gasteiger partial charge on any atom is 0.326 e. The number of aryl methyl sites for hydroxylation is 1. The maximum atomic E-state index is 12.6. The first kappa shape index (κ1) is 25.1. The number of ether oxygens (including phenoxy) is 3. The van der Waals surface area contributed by atoms with Crippen LogP contribution in [0.3, 0.4) is 0 Å². The Balaban J connectivity index is 2.49. The van der Waals surface area contributed by atoms with Gasteiger partial charge in [-0.3, -0.25) is 9.59 Å². The van der Waals surface area contributed by atoms with Crippen LogP contribution >= 0.6 is 23.4 Å². The van der Waals surface area contributed by atoms with Gasteiger partial charge in [0.15, 0.2) is 11.0 Å². The standard InChI is InChI=1S/C24H29ClO5S/c1-7-30-24(27)23(22(26)14(2)3)31-13-16-8-9-17(28-5)12-18(16)21-19(25)10-15(4)11-20(21)29-6/h8-12,14,23H,7,13H2,1-6H3. The van der Waals surface area contributed by atoms with E-state index in [2.05, 4.69) is 0 Å². The molecule has 2 aromatic carbocycles. The second-order valence-electron chi connectivity index (χ2n) is 7.35. The van der Waals surface area contributed by atoms with Gasteiger partial charge < -0.3 is 14.2 Å². The molecule has 2 rings (SSSR count). The number of benzene rings is 2. The fraction of sp³-hybridized carbons (Fsp3) is 0.417. The summed E-state index contributed by atoms with van der Waals surface area (Å²) in [7, 11) is 3.20. The molecule has 0 spiro atoms. The predicted octanol–water partition coefficient (Wildman–Crippen LogP) is 5.72. The van der Waals surface area contributed by atoms with Crippen LogP contribution in [0.4, 0.5) is 0 Å². The van der Waals surface area contributed by atoms with E-state index >= 15 is 0 Å². The zero-order chi connectivity index (χ0) is 23.1. The lowest BCUT2D eigenvalue weighted by Crippen LogP contribution is -2.32. The number of methoxy groups -OCH3 is 2. The Kier molecular flexibility index (Phi) is 9.26. The molecule has 0 aliphatic heterocycles. The summed E-state index contributed by atoms with van der Waals surface area (Å²) in [5.74, 6) is 0.794. The molecular weight excluding hydrogens is 436 g/mol. The normalized spacial score (nSPS) is 11.9. The van der Waals surface area contributed by atoms with Gasteiger partial charge in [-0.15, -0.1) is 11.8 Å². The van der Waals surface area contributed by atoms with Gasteiger partial charge in [0.2, 0.25) is 0 Å². The SMILES string of the molecule is CCOC(=O)C(SCc1ccc(OC)cc1-c1c(Cl)cc(C)cc1OC)C(=O)C(C)C. The van der Waals surface area contributed by atoms with E-state index in [4.69, 9.17) is 25.8 Å². The van der Waals surface area contributed by atoms with Crippen molar-refractivity contribution in [1.82, 2.24) is 0 Å². The molecule has 0 radical (unpaired) electrons. The first-order valence-electron chi connectivity index (χ1n) is 10.1. The number of carbonyl (C=O) groups is 2. The monoisotopic (exact) mass is 464 g/mol. The number of esters is 1. The second kappa shape index (κ2) is 11.4. The molecule has 168 valence electrons. The van der Waals surface area contributed by atoms with E-state index in [1.54, 1.807) is 35.0 Å². The van der Waals surface area contributed by atoms with Crippen LogP contribution < -0.4 is 9.47 Å². The molecule has 31 heavy (non-hydrogen) atoms. The number of ketones is 1. The Hall–Kier alpha value is -2.18. The van der Waals surface area contributed by atoms with Crippen LogP contribution in [0.2, 0.25) is 5.02 Å². The number of halogens is 1. The lowest BCUT2D eigenvalue weighted by molar-refractivity contribution is -0.145. The Bertz CT molecular complexity index is 942. The van der Waals surface area contributed by atoms with E-state index in [-0.39, 0.29) is 18.3 Å². The highest BCUT2D eigenvalue weighted by atomic mass is 35.5. The quantitative estimate of drug-likeness (QED) is 0.331. The molecule has 5 nitrogen and oxygen atoms in total. The van der Waals surface area contributed by atoms with Crippen molar-refractivity contribution in [2.45, 2.75) is 38.7 Å². The lowest BCUT2D eigenvalue weighted by Gasteiger charge is -2.19. The molecule has 0 aliphatic rings. The molecule has 2 aromatic rings. The first-order chi connectivity index (χ1) is 14.7. The van der Waals surface area contributed by atoms with Crippen LogP contribution in [0.15, 0.2) is 30.3 Å². The molecule has 7 heteroatoms. The minimum Gasteiger partial charge on any atom is -0.497 e. The van der Waals surface area contributed by atoms with Gasteiger partial charge in [0.05, 0.1) is 25.8 Å². The van der Waals surface area contributed by atoms with Crippen LogP contribution in [0.1, 0.15) is 31.9 Å². The fourth-order valence-corrected chi connectivity index (χ4v) is 4.74. The maximum absolute atomic E-state index is 12.6. The van der Waals surface area contributed by atoms with Gasteiger partial charge in [-0.05, 0) is 54.8 Å². The smallest absolute Gasteiger partial charge is 0.326 e. The van der Waals surface area contributed by atoms with Crippen molar-refractivity contribution in [3.8, 4) is 22.6 Å². The zero-order valence-electron chi connectivity index (χ0n) is 18.8. The van der Waals surface area contributed by atoms with E-state index in [1.807, 2.05) is 37.3 Å². The number of Topliss-reactive ketones (excluding diaryl/α,β-unsaturated/α-hetero) is 1. The molecular formula is C24H29ClO5S. The molecule has 0 heterocycles. The van der Waals surface area contributed by atoms with Crippen molar-refractivity contribution < 1.29 is 23.8 Å². The van der Waals surface area contributed by atoms with Crippen molar-refractivity contribution in [3.05, 3.63) is 46.5 Å². The van der Waals surface area contributed by atoms with Crippen molar-refractivity contribution >= 4 is 35.1 Å². The van der Waals surface area contributed by atoms with E-state index < -0.39 is 11.2 Å². The molecule has 0 bridgehead atoms. The molecule has 0 saturated carbocycles. The summed E-state index contributed by atoms with van der Waals surface area (Å²) in [5.41, 5.74) is 3.45. The van der Waals surface area contributed by atoms with E-state index in [0.29, 0.717) is 22.3 Å². The highest BCUT2D eigenvalue weighted by molar-refractivity contribution is 8.00. The summed E-state index contributed by atoms with van der Waals surface area (Å²) in [6.45, 7) is 7.47. The van der Waals surface area contributed by atoms with Gasteiger partial charge in [-0.2, -0.15) is 0 Å². The van der Waals surface area contributed by atoms with Gasteiger partial charge in [0, 0.05) is 17.2 Å². The van der Waals surface area contributed by atoms with E-state index in [9.17, 15) is 9.59 Å². The van der Waals surface area contributed by atoms with Crippen LogP contribution in [0, 0.1) is 12.8 Å². The molecule has 0 amide bonds. The number of rotatable bonds is 10. The molecule has 0 aliphatic carbocycles. The average molecular weight is 465 g/mol. The number of carbonyl (C=O) groups excluding carboxylic acids is 2. The topological polar surface area (TPSA) is 61.8 Å². The lowest BCUT2D eigenvalue weighted by atomic mass is 9.98. The Labute approximate surface area is 193 Å². The van der Waals surface area contributed by atoms with Gasteiger partial charge in [-0.25, -0.2) is 0 Å². The molecule has 0 N–H and O–H groups in total. The van der Waals surface area contributed by atoms with E-state index in [0.717, 1.165) is 22.3 Å². The summed E-state index contributed by atoms with van der Waals surface area (Å²) >= 11 is 7.86. The Morgan fingerprint density at radius 1 is 1.10 bits per heavy atom. The third-order valence-corrected chi connectivity index (χ3v) is 6.27. The summed E-state index contributed by atoms with van der Waals surface area (Å²) in [4.78, 5) is 25.1. The number of thioether (sulfide) groups is 1. The fourth-order valence-electron chi connectivity index (χ4n) is 3.13. The molecule has 1 atom stereocenters. The van der Waals surface area contributed by atoms with Crippen LogP contribution in [0.5, 0.6) is 11.5 Å². The van der Waals surface area contributed by atoms with Gasteiger partial charge in [0.1, 0.15) is 11.5 Å². The first-order valence-corrected chi connectivity index (χ1v) is 11.5. The summed E-state index contributed by atoms with van der Waals surface area (Å²) in [6.07, 6.45) is 0. The average Bonchev–Trinajstić information content (AvgIpc) is 2.73. The Morgan fingerprint density at radius 3 is 2.39 bits per heavy atom. The highest BCUT2D eigenvalue weighted by Crippen LogP contribution is 2.42. The Morgan fingerprint density at radius 2 is 1.81 bits per heavy atom. The van der Waals surface area contributed by atoms with Gasteiger partial charge in [0.25, 0.3) is 0 Å². The van der Waals surface area contributed by atoms with Crippen molar-refractivity contribution in [2.24, 2.45) is 5.92 Å². The third kappa shape index (κ3) is 6.17. The second-order valence-corrected chi connectivity index (χ2v) is 8.85. The number of hydrogen-bond donors (Lipinski definition) is 0. The van der Waals surface area contributed by atoms with Crippen LogP contribution in [-0.2, 0) is 20.1 Å².